The highest BCUT2D eigenvalue weighted by molar-refractivity contribution is 7.47. The van der Waals surface area contributed by atoms with E-state index in [1.54, 1.807) is 6.92 Å². The summed E-state index contributed by atoms with van der Waals surface area (Å²) in [6.07, 6.45) is 17.9. The first-order chi connectivity index (χ1) is 19.3. The molecule has 0 aliphatic rings. The third kappa shape index (κ3) is 19.8. The predicted molar refractivity (Wildman–Crippen MR) is 165 cm³/mol. The van der Waals surface area contributed by atoms with E-state index in [0.29, 0.717) is 38.8 Å². The van der Waals surface area contributed by atoms with Crippen LogP contribution in [0.5, 0.6) is 5.75 Å². The molecule has 0 fully saturated rings. The van der Waals surface area contributed by atoms with Gasteiger partial charge in [-0.3, -0.25) is 13.8 Å². The van der Waals surface area contributed by atoms with Crippen LogP contribution >= 0.6 is 7.82 Å². The average molecular weight is 584 g/mol. The number of hydrogen-bond acceptors (Lipinski definition) is 6. The minimum atomic E-state index is -4.22. The molecule has 1 rings (SSSR count). The van der Waals surface area contributed by atoms with Gasteiger partial charge in [-0.05, 0) is 62.8 Å². The van der Waals surface area contributed by atoms with Crippen molar-refractivity contribution < 1.29 is 28.0 Å². The molecule has 40 heavy (non-hydrogen) atoms. The summed E-state index contributed by atoms with van der Waals surface area (Å²) in [4.78, 5) is 22.4. The Morgan fingerprint density at radius 2 is 1.48 bits per heavy atom. The molecule has 3 unspecified atom stereocenters. The Hall–Kier alpha value is -1.24. The second kappa shape index (κ2) is 23.3. The highest BCUT2D eigenvalue weighted by atomic mass is 31.2. The van der Waals surface area contributed by atoms with Gasteiger partial charge in [-0.25, -0.2) is 4.57 Å². The Labute approximate surface area is 244 Å². The zero-order valence-electron chi connectivity index (χ0n) is 25.6. The number of benzene rings is 1. The molecule has 0 heterocycles. The van der Waals surface area contributed by atoms with E-state index >= 15 is 0 Å². The highest BCUT2D eigenvalue weighted by Crippen LogP contribution is 2.45. The molecule has 0 radical (unpaired) electrons. The number of nitrogens with two attached hydrogens (primary N) is 1. The minimum Gasteiger partial charge on any atom is -0.494 e. The molecule has 0 amide bonds. The fourth-order valence-corrected chi connectivity index (χ4v) is 5.85. The lowest BCUT2D eigenvalue weighted by molar-refractivity contribution is -0.120. The van der Waals surface area contributed by atoms with Crippen LogP contribution in [0.4, 0.5) is 0 Å². The summed E-state index contributed by atoms with van der Waals surface area (Å²) in [5.41, 5.74) is 6.52. The molecule has 0 aliphatic carbocycles. The van der Waals surface area contributed by atoms with Crippen LogP contribution < -0.4 is 10.5 Å². The van der Waals surface area contributed by atoms with E-state index in [1.807, 2.05) is 31.2 Å². The summed E-state index contributed by atoms with van der Waals surface area (Å²) in [5, 5.41) is 0. The van der Waals surface area contributed by atoms with E-state index in [2.05, 4.69) is 6.92 Å². The van der Waals surface area contributed by atoms with Gasteiger partial charge in [0.15, 0.2) is 0 Å². The Bertz CT molecular complexity index is 803. The van der Waals surface area contributed by atoms with Crippen LogP contribution in [0, 0.1) is 5.92 Å². The number of Topliss-reactive ketones (excluding diaryl/α,β-unsaturated/α-hetero) is 1. The Kier molecular flexibility index (Phi) is 21.5. The van der Waals surface area contributed by atoms with Crippen LogP contribution in [-0.4, -0.2) is 36.5 Å². The van der Waals surface area contributed by atoms with E-state index < -0.39 is 13.9 Å². The maximum atomic E-state index is 12.3. The van der Waals surface area contributed by atoms with Gasteiger partial charge in [0.1, 0.15) is 11.5 Å². The van der Waals surface area contributed by atoms with Crippen LogP contribution in [0.2, 0.25) is 0 Å². The Morgan fingerprint density at radius 3 is 2.02 bits per heavy atom. The van der Waals surface area contributed by atoms with Gasteiger partial charge in [0.25, 0.3) is 0 Å². The van der Waals surface area contributed by atoms with Crippen LogP contribution in [-0.2, 0) is 24.8 Å². The van der Waals surface area contributed by atoms with Gasteiger partial charge in [-0.15, -0.1) is 0 Å². The molecule has 0 saturated heterocycles. The zero-order valence-corrected chi connectivity index (χ0v) is 26.5. The molecule has 0 bridgehead atoms. The molecule has 7 nitrogen and oxygen atoms in total. The van der Waals surface area contributed by atoms with Crippen molar-refractivity contribution in [3.63, 3.8) is 0 Å². The summed E-state index contributed by atoms with van der Waals surface area (Å²) in [6, 6.07) is 7.90. The monoisotopic (exact) mass is 583 g/mol. The SMILES string of the molecule is CCCCCCCCCCCCCCOc1ccc(CC(COP(=O)(O)OC(C)CCN)CC(=O)CCC)cc1. The lowest BCUT2D eigenvalue weighted by atomic mass is 9.94. The van der Waals surface area contributed by atoms with Crippen molar-refractivity contribution in [2.75, 3.05) is 19.8 Å². The smallest absolute Gasteiger partial charge is 0.472 e. The van der Waals surface area contributed by atoms with Crippen LogP contribution in [0.15, 0.2) is 24.3 Å². The number of unbranched alkanes of at least 4 members (excludes halogenated alkanes) is 11. The summed E-state index contributed by atoms with van der Waals surface area (Å²) in [6.45, 7) is 6.95. The van der Waals surface area contributed by atoms with Gasteiger partial charge in [0, 0.05) is 12.8 Å². The quantitative estimate of drug-likeness (QED) is 0.0789. The Morgan fingerprint density at radius 1 is 0.900 bits per heavy atom. The number of ether oxygens (including phenoxy) is 1. The van der Waals surface area contributed by atoms with Crippen molar-refractivity contribution in [2.45, 2.75) is 136 Å². The molecular weight excluding hydrogens is 525 g/mol. The molecule has 0 aliphatic heterocycles. The van der Waals surface area contributed by atoms with Crippen molar-refractivity contribution in [1.82, 2.24) is 0 Å². The average Bonchev–Trinajstić information content (AvgIpc) is 2.91. The van der Waals surface area contributed by atoms with Crippen LogP contribution in [0.25, 0.3) is 0 Å². The lowest BCUT2D eigenvalue weighted by Crippen LogP contribution is -2.18. The molecule has 0 spiro atoms. The second-order valence-corrected chi connectivity index (χ2v) is 12.6. The molecule has 3 N–H and O–H groups in total. The number of phosphoric ester groups is 1. The van der Waals surface area contributed by atoms with Crippen LogP contribution in [0.1, 0.15) is 129 Å². The largest absolute Gasteiger partial charge is 0.494 e. The van der Waals surface area contributed by atoms with Crippen LogP contribution in [0.3, 0.4) is 0 Å². The molecule has 8 heteroatoms. The number of carbonyl (C=O) groups is 1. The highest BCUT2D eigenvalue weighted by Gasteiger charge is 2.27. The van der Waals surface area contributed by atoms with Crippen molar-refractivity contribution in [1.29, 1.82) is 0 Å². The minimum absolute atomic E-state index is 0.0320. The number of rotatable bonds is 27. The molecule has 3 atom stereocenters. The molecular formula is C32H58NO6P. The summed E-state index contributed by atoms with van der Waals surface area (Å²) < 4.78 is 28.7. The third-order valence-corrected chi connectivity index (χ3v) is 8.22. The lowest BCUT2D eigenvalue weighted by Gasteiger charge is -2.21. The van der Waals surface area contributed by atoms with Crippen molar-refractivity contribution in [3.05, 3.63) is 29.8 Å². The Balaban J connectivity index is 2.37. The maximum absolute atomic E-state index is 12.3. The predicted octanol–water partition coefficient (Wildman–Crippen LogP) is 8.56. The maximum Gasteiger partial charge on any atom is 0.472 e. The van der Waals surface area contributed by atoms with E-state index in [9.17, 15) is 14.3 Å². The standard InChI is InChI=1S/C32H58NO6P/c1-4-6-7-8-9-10-11-12-13-14-15-16-24-37-32-20-18-29(19-21-32)25-30(26-31(34)17-5-2)27-38-40(35,36)39-28(3)22-23-33/h18-21,28,30H,4-17,22-27,33H2,1-3H3,(H,35,36). The third-order valence-electron chi connectivity index (χ3n) is 7.12. The number of phosphoric acid groups is 1. The zero-order chi connectivity index (χ0) is 29.5. The molecule has 1 aromatic rings. The second-order valence-electron chi connectivity index (χ2n) is 11.2. The van der Waals surface area contributed by atoms with Gasteiger partial charge >= 0.3 is 7.82 Å². The van der Waals surface area contributed by atoms with Gasteiger partial charge in [-0.1, -0.05) is 96.6 Å². The topological polar surface area (TPSA) is 108 Å². The first kappa shape index (κ1) is 36.8. The number of ketones is 1. The van der Waals surface area contributed by atoms with Crippen molar-refractivity contribution in [2.24, 2.45) is 11.7 Å². The van der Waals surface area contributed by atoms with Gasteiger partial charge < -0.3 is 15.4 Å². The van der Waals surface area contributed by atoms with Gasteiger partial charge in [0.05, 0.1) is 19.3 Å². The summed E-state index contributed by atoms with van der Waals surface area (Å²) in [5.74, 6) is 0.744. The normalized spacial score (nSPS) is 14.5. The van der Waals surface area contributed by atoms with Gasteiger partial charge in [0.2, 0.25) is 0 Å². The number of hydrogen-bond donors (Lipinski definition) is 2. The van der Waals surface area contributed by atoms with Gasteiger partial charge in [-0.2, -0.15) is 0 Å². The fourth-order valence-electron chi connectivity index (χ4n) is 4.83. The first-order valence-electron chi connectivity index (χ1n) is 15.9. The molecule has 0 aromatic heterocycles. The number of carbonyl (C=O) groups excluding carboxylic acids is 1. The fraction of sp³-hybridized carbons (Fsp3) is 0.781. The van der Waals surface area contributed by atoms with E-state index in [1.165, 1.54) is 70.6 Å². The first-order valence-corrected chi connectivity index (χ1v) is 17.4. The van der Waals surface area contributed by atoms with Crippen molar-refractivity contribution >= 4 is 13.6 Å². The molecule has 1 aromatic carbocycles. The van der Waals surface area contributed by atoms with E-state index in [-0.39, 0.29) is 18.3 Å². The molecule has 232 valence electrons. The van der Waals surface area contributed by atoms with E-state index in [0.717, 1.165) is 24.2 Å². The van der Waals surface area contributed by atoms with E-state index in [4.69, 9.17) is 19.5 Å². The molecule has 0 saturated carbocycles. The summed E-state index contributed by atoms with van der Waals surface area (Å²) in [7, 11) is -4.22. The van der Waals surface area contributed by atoms with Crippen molar-refractivity contribution in [3.8, 4) is 5.75 Å². The summed E-state index contributed by atoms with van der Waals surface area (Å²) >= 11 is 0.